The molecule has 2 aromatic heterocycles. The number of hydrogen-bond donors (Lipinski definition) is 1. The molecule has 1 atom stereocenters. The highest BCUT2D eigenvalue weighted by Crippen LogP contribution is 2.32. The zero-order valence-corrected chi connectivity index (χ0v) is 15.3. The molecule has 3 aromatic rings. The lowest BCUT2D eigenvalue weighted by Crippen LogP contribution is -2.16. The molecule has 1 aromatic carbocycles. The van der Waals surface area contributed by atoms with E-state index in [1.54, 1.807) is 6.33 Å². The van der Waals surface area contributed by atoms with Crippen molar-refractivity contribution in [3.05, 3.63) is 35.9 Å². The summed E-state index contributed by atoms with van der Waals surface area (Å²) in [6, 6.07) is 5.63. The first-order valence-electron chi connectivity index (χ1n) is 8.00. The van der Waals surface area contributed by atoms with Crippen LogP contribution in [0.1, 0.15) is 12.5 Å². The van der Waals surface area contributed by atoms with Crippen LogP contribution in [-0.4, -0.2) is 37.4 Å². The van der Waals surface area contributed by atoms with Gasteiger partial charge in [0, 0.05) is 17.5 Å². The number of aromatic nitrogens is 4. The molecule has 1 unspecified atom stereocenters. The molecular formula is C16H13ClF3N5OS. The van der Waals surface area contributed by atoms with E-state index in [0.717, 1.165) is 17.9 Å². The Hall–Kier alpha value is -2.20. The predicted octanol–water partition coefficient (Wildman–Crippen LogP) is 4.80. The summed E-state index contributed by atoms with van der Waals surface area (Å²) in [5.41, 5.74) is 1.69. The number of nitrogens with one attached hydrogen (secondary N) is 1. The number of benzene rings is 1. The summed E-state index contributed by atoms with van der Waals surface area (Å²) in [4.78, 5) is 12.9. The topological polar surface area (TPSA) is 64.9 Å². The molecule has 0 aliphatic carbocycles. The Morgan fingerprint density at radius 1 is 1.22 bits per heavy atom. The molecule has 4 rings (SSSR count). The van der Waals surface area contributed by atoms with Gasteiger partial charge < -0.3 is 14.6 Å². The van der Waals surface area contributed by atoms with Crippen molar-refractivity contribution in [2.45, 2.75) is 18.8 Å². The van der Waals surface area contributed by atoms with E-state index in [9.17, 15) is 13.2 Å². The number of ether oxygens (including phenoxy) is 1. The summed E-state index contributed by atoms with van der Waals surface area (Å²) in [6.45, 7) is 0. The maximum Gasteiger partial charge on any atom is 0.573 e. The Morgan fingerprint density at radius 3 is 2.67 bits per heavy atom. The number of anilines is 2. The standard InChI is InChI=1S/C16H13ClF3N5OS/c17-15-23-13(22-9-1-3-11(4-2-9)26-16(18,19)20)12-14(24-15)25(8-21-12)10-5-6-27-7-10/h1-4,8,10H,5-7H2,(H,22,23,24). The van der Waals surface area contributed by atoms with Crippen LogP contribution in [0.4, 0.5) is 24.7 Å². The normalized spacial score (nSPS) is 17.4. The number of rotatable bonds is 4. The van der Waals surface area contributed by atoms with Crippen LogP contribution in [0, 0.1) is 0 Å². The Morgan fingerprint density at radius 2 is 2.00 bits per heavy atom. The second kappa shape index (κ2) is 7.08. The molecule has 0 radical (unpaired) electrons. The number of halogens is 4. The molecule has 3 heterocycles. The third-order valence-corrected chi connectivity index (χ3v) is 5.36. The SMILES string of the molecule is FC(F)(F)Oc1ccc(Nc2nc(Cl)nc3c2ncn3C2CCSC2)cc1. The van der Waals surface area contributed by atoms with E-state index in [-0.39, 0.29) is 11.0 Å². The average Bonchev–Trinajstić information content (AvgIpc) is 3.24. The Bertz CT molecular complexity index is 957. The lowest BCUT2D eigenvalue weighted by atomic mass is 10.2. The first kappa shape index (κ1) is 18.2. The maximum atomic E-state index is 12.3. The molecule has 1 aliphatic rings. The number of hydrogen-bond acceptors (Lipinski definition) is 6. The first-order chi connectivity index (χ1) is 12.9. The van der Waals surface area contributed by atoms with Crippen LogP contribution < -0.4 is 10.1 Å². The number of nitrogens with zero attached hydrogens (tertiary/aromatic N) is 4. The van der Waals surface area contributed by atoms with Crippen molar-refractivity contribution in [1.29, 1.82) is 0 Å². The zero-order valence-electron chi connectivity index (χ0n) is 13.7. The van der Waals surface area contributed by atoms with Gasteiger partial charge in [0.1, 0.15) is 5.75 Å². The Kier molecular flexibility index (Phi) is 4.77. The minimum atomic E-state index is -4.73. The summed E-state index contributed by atoms with van der Waals surface area (Å²) in [5.74, 6) is 2.15. The summed E-state index contributed by atoms with van der Waals surface area (Å²) >= 11 is 7.94. The van der Waals surface area contributed by atoms with Gasteiger partial charge in [-0.3, -0.25) is 0 Å². The van der Waals surface area contributed by atoms with Crippen LogP contribution in [0.25, 0.3) is 11.2 Å². The summed E-state index contributed by atoms with van der Waals surface area (Å²) in [7, 11) is 0. The average molecular weight is 416 g/mol. The molecule has 0 spiro atoms. The molecule has 11 heteroatoms. The van der Waals surface area contributed by atoms with Crippen molar-refractivity contribution in [2.75, 3.05) is 16.8 Å². The van der Waals surface area contributed by atoms with Crippen molar-refractivity contribution >= 4 is 46.0 Å². The lowest BCUT2D eigenvalue weighted by Gasteiger charge is -2.12. The van der Waals surface area contributed by atoms with E-state index in [4.69, 9.17) is 11.6 Å². The van der Waals surface area contributed by atoms with Gasteiger partial charge in [-0.2, -0.15) is 21.7 Å². The molecule has 1 fully saturated rings. The molecule has 0 bridgehead atoms. The van der Waals surface area contributed by atoms with Crippen LogP contribution in [0.2, 0.25) is 5.28 Å². The van der Waals surface area contributed by atoms with Gasteiger partial charge in [-0.1, -0.05) is 0 Å². The molecule has 0 saturated carbocycles. The van der Waals surface area contributed by atoms with Gasteiger partial charge in [-0.25, -0.2) is 4.98 Å². The summed E-state index contributed by atoms with van der Waals surface area (Å²) in [5, 5.41) is 3.09. The third-order valence-electron chi connectivity index (χ3n) is 4.04. The summed E-state index contributed by atoms with van der Waals surface area (Å²) < 4.78 is 42.6. The number of alkyl halides is 3. The third kappa shape index (κ3) is 4.06. The van der Waals surface area contributed by atoms with E-state index in [1.165, 1.54) is 24.3 Å². The van der Waals surface area contributed by atoms with Crippen LogP contribution in [-0.2, 0) is 0 Å². The van der Waals surface area contributed by atoms with Gasteiger partial charge >= 0.3 is 6.36 Å². The van der Waals surface area contributed by atoms with Gasteiger partial charge in [-0.05, 0) is 48.0 Å². The summed E-state index contributed by atoms with van der Waals surface area (Å²) in [6.07, 6.45) is -1.98. The van der Waals surface area contributed by atoms with E-state index < -0.39 is 6.36 Å². The minimum Gasteiger partial charge on any atom is -0.406 e. The maximum absolute atomic E-state index is 12.3. The van der Waals surface area contributed by atoms with Crippen molar-refractivity contribution < 1.29 is 17.9 Å². The number of fused-ring (bicyclic) bond motifs is 1. The van der Waals surface area contributed by atoms with Crippen LogP contribution in [0.5, 0.6) is 5.75 Å². The highest BCUT2D eigenvalue weighted by Gasteiger charge is 2.31. The predicted molar refractivity (Wildman–Crippen MR) is 97.7 cm³/mol. The van der Waals surface area contributed by atoms with E-state index in [1.807, 2.05) is 16.3 Å². The Labute approximate surface area is 161 Å². The monoisotopic (exact) mass is 415 g/mol. The van der Waals surface area contributed by atoms with Crippen LogP contribution >= 0.6 is 23.4 Å². The largest absolute Gasteiger partial charge is 0.573 e. The fraction of sp³-hybridized carbons (Fsp3) is 0.312. The van der Waals surface area contributed by atoms with Crippen molar-refractivity contribution in [3.8, 4) is 5.75 Å². The van der Waals surface area contributed by atoms with E-state index in [2.05, 4.69) is 25.0 Å². The fourth-order valence-corrected chi connectivity index (χ4v) is 4.23. The minimum absolute atomic E-state index is 0.0643. The molecule has 6 nitrogen and oxygen atoms in total. The van der Waals surface area contributed by atoms with E-state index in [0.29, 0.717) is 28.7 Å². The van der Waals surface area contributed by atoms with Gasteiger partial charge in [0.15, 0.2) is 17.0 Å². The second-order valence-electron chi connectivity index (χ2n) is 5.88. The van der Waals surface area contributed by atoms with Gasteiger partial charge in [-0.15, -0.1) is 13.2 Å². The smallest absolute Gasteiger partial charge is 0.406 e. The first-order valence-corrected chi connectivity index (χ1v) is 9.53. The van der Waals surface area contributed by atoms with E-state index >= 15 is 0 Å². The highest BCUT2D eigenvalue weighted by atomic mass is 35.5. The Balaban J connectivity index is 1.62. The van der Waals surface area contributed by atoms with Gasteiger partial charge in [0.25, 0.3) is 0 Å². The fourth-order valence-electron chi connectivity index (χ4n) is 2.86. The molecule has 142 valence electrons. The number of imidazole rings is 1. The molecule has 1 N–H and O–H groups in total. The van der Waals surface area contributed by atoms with Crippen LogP contribution in [0.3, 0.4) is 0 Å². The highest BCUT2D eigenvalue weighted by molar-refractivity contribution is 7.99. The lowest BCUT2D eigenvalue weighted by molar-refractivity contribution is -0.274. The van der Waals surface area contributed by atoms with Crippen molar-refractivity contribution in [3.63, 3.8) is 0 Å². The zero-order chi connectivity index (χ0) is 19.0. The van der Waals surface area contributed by atoms with Gasteiger partial charge in [0.05, 0.1) is 6.33 Å². The van der Waals surface area contributed by atoms with Crippen molar-refractivity contribution in [2.24, 2.45) is 0 Å². The molecule has 1 aliphatic heterocycles. The molecule has 0 amide bonds. The number of thioether (sulfide) groups is 1. The molecular weight excluding hydrogens is 403 g/mol. The molecule has 27 heavy (non-hydrogen) atoms. The molecule has 1 saturated heterocycles. The second-order valence-corrected chi connectivity index (χ2v) is 7.37. The van der Waals surface area contributed by atoms with Crippen molar-refractivity contribution in [1.82, 2.24) is 19.5 Å². The van der Waals surface area contributed by atoms with Gasteiger partial charge in [0.2, 0.25) is 5.28 Å². The quantitative estimate of drug-likeness (QED) is 0.617. The van der Waals surface area contributed by atoms with Crippen LogP contribution in [0.15, 0.2) is 30.6 Å².